The molecule has 1 heterocycles. The molecule has 0 bridgehead atoms. The molecule has 4 heteroatoms. The van der Waals surface area contributed by atoms with Crippen LogP contribution in [0.4, 0.5) is 5.69 Å². The van der Waals surface area contributed by atoms with Crippen molar-refractivity contribution in [3.8, 4) is 0 Å². The van der Waals surface area contributed by atoms with Crippen LogP contribution in [0.25, 0.3) is 0 Å². The first-order valence-electron chi connectivity index (χ1n) is 5.80. The average Bonchev–Trinajstić information content (AvgIpc) is 2.59. The molecule has 1 unspecified atom stereocenters. The Morgan fingerprint density at radius 3 is 2.94 bits per heavy atom. The van der Waals surface area contributed by atoms with Crippen LogP contribution >= 0.6 is 23.4 Å². The number of nitrogens with zero attached hydrogens (tertiary/aromatic N) is 1. The number of carbonyl (C=O) groups is 1. The van der Waals surface area contributed by atoms with Crippen molar-refractivity contribution in [2.75, 3.05) is 17.7 Å². The molecule has 0 saturated carbocycles. The number of para-hydroxylation sites is 1. The molecule has 0 radical (unpaired) electrons. The number of benzene rings is 1. The lowest BCUT2D eigenvalue weighted by Gasteiger charge is -2.24. The third-order valence-electron chi connectivity index (χ3n) is 3.03. The summed E-state index contributed by atoms with van der Waals surface area (Å²) in [4.78, 5) is 14.1. The number of amides is 1. The number of thioether (sulfide) groups is 1. The van der Waals surface area contributed by atoms with Gasteiger partial charge in [-0.3, -0.25) is 4.79 Å². The standard InChI is InChI=1S/C13H16ClNOS/c1-17-12(14)13(16)15-9-5-4-7-10-6-2-3-8-11(10)15/h2-3,6,8,12H,4-5,7,9H2,1H3. The Morgan fingerprint density at radius 1 is 1.41 bits per heavy atom. The molecule has 1 aromatic rings. The summed E-state index contributed by atoms with van der Waals surface area (Å²) < 4.78 is -0.485. The highest BCUT2D eigenvalue weighted by Crippen LogP contribution is 2.28. The molecule has 17 heavy (non-hydrogen) atoms. The van der Waals surface area contributed by atoms with Gasteiger partial charge < -0.3 is 4.90 Å². The fourth-order valence-electron chi connectivity index (χ4n) is 2.14. The summed E-state index contributed by atoms with van der Waals surface area (Å²) in [6, 6.07) is 8.12. The van der Waals surface area contributed by atoms with Crippen molar-refractivity contribution in [3.63, 3.8) is 0 Å². The van der Waals surface area contributed by atoms with E-state index in [0.717, 1.165) is 31.5 Å². The minimum Gasteiger partial charge on any atom is -0.310 e. The molecule has 1 amide bonds. The van der Waals surface area contributed by atoms with Gasteiger partial charge in [0.1, 0.15) is 0 Å². The van der Waals surface area contributed by atoms with Crippen LogP contribution < -0.4 is 4.90 Å². The second kappa shape index (κ2) is 5.78. The van der Waals surface area contributed by atoms with E-state index in [2.05, 4.69) is 6.07 Å². The number of hydrogen-bond acceptors (Lipinski definition) is 2. The molecule has 1 aromatic carbocycles. The van der Waals surface area contributed by atoms with Crippen LogP contribution in [0.3, 0.4) is 0 Å². The molecule has 1 aliphatic rings. The molecule has 0 aromatic heterocycles. The van der Waals surface area contributed by atoms with E-state index in [1.165, 1.54) is 17.3 Å². The Morgan fingerprint density at radius 2 is 2.18 bits per heavy atom. The lowest BCUT2D eigenvalue weighted by atomic mass is 10.1. The van der Waals surface area contributed by atoms with E-state index in [0.29, 0.717) is 0 Å². The van der Waals surface area contributed by atoms with E-state index in [1.807, 2.05) is 29.4 Å². The Kier molecular flexibility index (Phi) is 4.35. The highest BCUT2D eigenvalue weighted by molar-refractivity contribution is 8.01. The smallest absolute Gasteiger partial charge is 0.255 e. The van der Waals surface area contributed by atoms with E-state index < -0.39 is 4.71 Å². The fraction of sp³-hybridized carbons (Fsp3) is 0.462. The van der Waals surface area contributed by atoms with Crippen LogP contribution in [0.15, 0.2) is 24.3 Å². The van der Waals surface area contributed by atoms with Gasteiger partial charge in [0.05, 0.1) is 0 Å². The molecule has 1 atom stereocenters. The number of rotatable bonds is 2. The average molecular weight is 270 g/mol. The third-order valence-corrected chi connectivity index (χ3v) is 4.36. The maximum Gasteiger partial charge on any atom is 0.255 e. The van der Waals surface area contributed by atoms with Gasteiger partial charge >= 0.3 is 0 Å². The zero-order valence-electron chi connectivity index (χ0n) is 9.86. The van der Waals surface area contributed by atoms with Crippen molar-refractivity contribution < 1.29 is 4.79 Å². The van der Waals surface area contributed by atoms with E-state index in [1.54, 1.807) is 0 Å². The zero-order chi connectivity index (χ0) is 12.3. The van der Waals surface area contributed by atoms with Crippen LogP contribution in [0, 0.1) is 0 Å². The van der Waals surface area contributed by atoms with Gasteiger partial charge in [-0.05, 0) is 37.1 Å². The molecule has 0 aliphatic carbocycles. The molecule has 1 aliphatic heterocycles. The maximum absolute atomic E-state index is 12.2. The maximum atomic E-state index is 12.2. The highest BCUT2D eigenvalue weighted by Gasteiger charge is 2.25. The zero-order valence-corrected chi connectivity index (χ0v) is 11.4. The van der Waals surface area contributed by atoms with Gasteiger partial charge in [0.15, 0.2) is 4.71 Å². The number of anilines is 1. The first kappa shape index (κ1) is 12.8. The predicted molar refractivity (Wildman–Crippen MR) is 74.9 cm³/mol. The monoisotopic (exact) mass is 269 g/mol. The summed E-state index contributed by atoms with van der Waals surface area (Å²) in [5, 5.41) is 0. The van der Waals surface area contributed by atoms with Gasteiger partial charge in [-0.2, -0.15) is 0 Å². The number of alkyl halides is 1. The number of halogens is 1. The third kappa shape index (κ3) is 2.78. The minimum absolute atomic E-state index is 0.00789. The lowest BCUT2D eigenvalue weighted by molar-refractivity contribution is -0.116. The Hall–Kier alpha value is -0.670. The highest BCUT2D eigenvalue weighted by atomic mass is 35.5. The second-order valence-electron chi connectivity index (χ2n) is 4.13. The summed E-state index contributed by atoms with van der Waals surface area (Å²) in [6.07, 6.45) is 5.08. The molecular formula is C13H16ClNOS. The summed E-state index contributed by atoms with van der Waals surface area (Å²) in [7, 11) is 0. The van der Waals surface area contributed by atoms with Gasteiger partial charge in [-0.1, -0.05) is 18.2 Å². The number of carbonyl (C=O) groups excluding carboxylic acids is 1. The molecule has 2 nitrogen and oxygen atoms in total. The molecule has 0 fully saturated rings. The van der Waals surface area contributed by atoms with Crippen molar-refractivity contribution in [2.24, 2.45) is 0 Å². The molecule has 0 spiro atoms. The van der Waals surface area contributed by atoms with Crippen molar-refractivity contribution in [2.45, 2.75) is 24.0 Å². The summed E-state index contributed by atoms with van der Waals surface area (Å²) in [5.41, 5.74) is 2.29. The van der Waals surface area contributed by atoms with E-state index in [4.69, 9.17) is 11.6 Å². The molecular weight excluding hydrogens is 254 g/mol. The van der Waals surface area contributed by atoms with Crippen LogP contribution in [0.1, 0.15) is 18.4 Å². The first-order valence-corrected chi connectivity index (χ1v) is 7.52. The minimum atomic E-state index is -0.485. The van der Waals surface area contributed by atoms with Crippen molar-refractivity contribution >= 4 is 35.0 Å². The summed E-state index contributed by atoms with van der Waals surface area (Å²) >= 11 is 7.42. The predicted octanol–water partition coefficient (Wildman–Crippen LogP) is 3.28. The normalized spacial score (nSPS) is 17.2. The topological polar surface area (TPSA) is 20.3 Å². The van der Waals surface area contributed by atoms with Crippen LogP contribution in [-0.2, 0) is 11.2 Å². The quantitative estimate of drug-likeness (QED) is 0.768. The van der Waals surface area contributed by atoms with Gasteiger partial charge in [0.25, 0.3) is 5.91 Å². The van der Waals surface area contributed by atoms with Gasteiger partial charge in [0, 0.05) is 12.2 Å². The van der Waals surface area contributed by atoms with Gasteiger partial charge in [-0.15, -0.1) is 23.4 Å². The Balaban J connectivity index is 2.31. The van der Waals surface area contributed by atoms with E-state index in [-0.39, 0.29) is 5.91 Å². The Bertz CT molecular complexity index is 410. The van der Waals surface area contributed by atoms with Gasteiger partial charge in [0.2, 0.25) is 0 Å². The van der Waals surface area contributed by atoms with E-state index in [9.17, 15) is 4.79 Å². The molecule has 0 saturated heterocycles. The molecule has 92 valence electrons. The van der Waals surface area contributed by atoms with Crippen molar-refractivity contribution in [1.29, 1.82) is 0 Å². The summed E-state index contributed by atoms with van der Waals surface area (Å²) in [5.74, 6) is 0.00789. The summed E-state index contributed by atoms with van der Waals surface area (Å²) in [6.45, 7) is 0.777. The molecule has 2 rings (SSSR count). The lowest BCUT2D eigenvalue weighted by Crippen LogP contribution is -2.36. The SMILES string of the molecule is CSC(Cl)C(=O)N1CCCCc2ccccc21. The van der Waals surface area contributed by atoms with Crippen LogP contribution in [0.2, 0.25) is 0 Å². The number of aryl methyl sites for hydroxylation is 1. The Labute approximate surface area is 111 Å². The first-order chi connectivity index (χ1) is 8.24. The van der Waals surface area contributed by atoms with Crippen LogP contribution in [-0.4, -0.2) is 23.4 Å². The second-order valence-corrected chi connectivity index (χ2v) is 5.77. The van der Waals surface area contributed by atoms with Gasteiger partial charge in [-0.25, -0.2) is 0 Å². The van der Waals surface area contributed by atoms with Crippen molar-refractivity contribution in [3.05, 3.63) is 29.8 Å². The molecule has 0 N–H and O–H groups in total. The number of fused-ring (bicyclic) bond motifs is 1. The van der Waals surface area contributed by atoms with Crippen LogP contribution in [0.5, 0.6) is 0 Å². The fourth-order valence-corrected chi connectivity index (χ4v) is 2.59. The van der Waals surface area contributed by atoms with Crippen molar-refractivity contribution in [1.82, 2.24) is 0 Å². The van der Waals surface area contributed by atoms with E-state index >= 15 is 0 Å². The number of hydrogen-bond donors (Lipinski definition) is 0. The largest absolute Gasteiger partial charge is 0.310 e.